The van der Waals surface area contributed by atoms with E-state index in [0.29, 0.717) is 12.3 Å². The second kappa shape index (κ2) is 10.1. The normalized spacial score (nSPS) is 14.0. The van der Waals surface area contributed by atoms with Crippen LogP contribution < -0.4 is 9.64 Å². The fourth-order valence-electron chi connectivity index (χ4n) is 3.97. The van der Waals surface area contributed by atoms with Gasteiger partial charge in [0, 0.05) is 38.4 Å². The van der Waals surface area contributed by atoms with Crippen molar-refractivity contribution in [1.29, 1.82) is 0 Å². The number of hydrogen-bond donors (Lipinski definition) is 0. The number of hydrogen-bond acceptors (Lipinski definition) is 6. The number of nitrogens with zero attached hydrogens (tertiary/aromatic N) is 5. The Morgan fingerprint density at radius 2 is 1.84 bits per heavy atom. The van der Waals surface area contributed by atoms with Crippen molar-refractivity contribution in [2.24, 2.45) is 0 Å². The van der Waals surface area contributed by atoms with Crippen LogP contribution in [0.2, 0.25) is 0 Å². The SMILES string of the molecule is CCn1c(SCC(=O)N2CCN(c3cccc(C)c3)CC2)nnc1-c1ccccc1OC. The number of benzene rings is 2. The van der Waals surface area contributed by atoms with Crippen molar-refractivity contribution in [2.75, 3.05) is 43.9 Å². The predicted molar refractivity (Wildman–Crippen MR) is 128 cm³/mol. The molecule has 1 saturated heterocycles. The van der Waals surface area contributed by atoms with Crippen LogP contribution in [0.25, 0.3) is 11.4 Å². The third-order valence-corrected chi connectivity index (χ3v) is 6.66. The van der Waals surface area contributed by atoms with Gasteiger partial charge in [0.2, 0.25) is 5.91 Å². The van der Waals surface area contributed by atoms with Gasteiger partial charge in [-0.25, -0.2) is 0 Å². The molecule has 8 heteroatoms. The molecular weight excluding hydrogens is 422 g/mol. The van der Waals surface area contributed by atoms with E-state index in [-0.39, 0.29) is 5.91 Å². The number of methoxy groups -OCH3 is 1. The van der Waals surface area contributed by atoms with Gasteiger partial charge in [-0.3, -0.25) is 4.79 Å². The van der Waals surface area contributed by atoms with Crippen molar-refractivity contribution in [1.82, 2.24) is 19.7 Å². The molecule has 1 fully saturated rings. The molecule has 0 bridgehead atoms. The molecule has 0 radical (unpaired) electrons. The maximum absolute atomic E-state index is 12.9. The van der Waals surface area contributed by atoms with Crippen LogP contribution in [-0.2, 0) is 11.3 Å². The van der Waals surface area contributed by atoms with Gasteiger partial charge in [-0.05, 0) is 43.7 Å². The van der Waals surface area contributed by atoms with E-state index < -0.39 is 0 Å². The molecule has 0 aliphatic carbocycles. The Morgan fingerprint density at radius 1 is 1.06 bits per heavy atom. The van der Waals surface area contributed by atoms with Crippen molar-refractivity contribution in [2.45, 2.75) is 25.5 Å². The Bertz CT molecular complexity index is 1080. The minimum atomic E-state index is 0.142. The molecule has 0 spiro atoms. The second-order valence-electron chi connectivity index (χ2n) is 7.75. The first kappa shape index (κ1) is 22.2. The number of carbonyl (C=O) groups is 1. The predicted octanol–water partition coefficient (Wildman–Crippen LogP) is 3.72. The van der Waals surface area contributed by atoms with Gasteiger partial charge in [-0.1, -0.05) is 36.0 Å². The quantitative estimate of drug-likeness (QED) is 0.510. The Kier molecular flexibility index (Phi) is 6.99. The average Bonchev–Trinajstić information content (AvgIpc) is 3.25. The second-order valence-corrected chi connectivity index (χ2v) is 8.69. The van der Waals surface area contributed by atoms with Gasteiger partial charge < -0.3 is 19.1 Å². The highest BCUT2D eigenvalue weighted by molar-refractivity contribution is 7.99. The van der Waals surface area contributed by atoms with Gasteiger partial charge in [0.05, 0.1) is 18.4 Å². The minimum Gasteiger partial charge on any atom is -0.496 e. The number of piperazine rings is 1. The molecule has 32 heavy (non-hydrogen) atoms. The molecule has 0 atom stereocenters. The topological polar surface area (TPSA) is 63.5 Å². The lowest BCUT2D eigenvalue weighted by Gasteiger charge is -2.36. The van der Waals surface area contributed by atoms with Crippen molar-refractivity contribution in [3.8, 4) is 17.1 Å². The smallest absolute Gasteiger partial charge is 0.233 e. The number of ether oxygens (including phenoxy) is 1. The van der Waals surface area contributed by atoms with E-state index in [2.05, 4.69) is 53.2 Å². The van der Waals surface area contributed by atoms with Crippen molar-refractivity contribution in [3.05, 3.63) is 54.1 Å². The van der Waals surface area contributed by atoms with Crippen LogP contribution in [0, 0.1) is 6.92 Å². The maximum atomic E-state index is 12.9. The molecule has 1 aliphatic rings. The van der Waals surface area contributed by atoms with Crippen LogP contribution in [0.1, 0.15) is 12.5 Å². The third kappa shape index (κ3) is 4.75. The number of aryl methyl sites for hydroxylation is 1. The van der Waals surface area contributed by atoms with E-state index in [0.717, 1.165) is 48.5 Å². The molecule has 1 amide bonds. The molecule has 2 heterocycles. The van der Waals surface area contributed by atoms with E-state index in [1.165, 1.54) is 23.0 Å². The number of aromatic nitrogens is 3. The summed E-state index contributed by atoms with van der Waals surface area (Å²) >= 11 is 1.45. The fraction of sp³-hybridized carbons (Fsp3) is 0.375. The Morgan fingerprint density at radius 3 is 2.56 bits per heavy atom. The molecule has 0 N–H and O–H groups in total. The summed E-state index contributed by atoms with van der Waals surface area (Å²) in [7, 11) is 1.65. The fourth-order valence-corrected chi connectivity index (χ4v) is 4.87. The summed E-state index contributed by atoms with van der Waals surface area (Å²) in [6, 6.07) is 16.3. The molecule has 4 rings (SSSR count). The number of anilines is 1. The summed E-state index contributed by atoms with van der Waals surface area (Å²) in [6.07, 6.45) is 0. The van der Waals surface area contributed by atoms with Crippen molar-refractivity contribution >= 4 is 23.4 Å². The van der Waals surface area contributed by atoms with Gasteiger partial charge >= 0.3 is 0 Å². The molecule has 0 unspecified atom stereocenters. The van der Waals surface area contributed by atoms with E-state index in [4.69, 9.17) is 4.74 Å². The lowest BCUT2D eigenvalue weighted by atomic mass is 10.2. The van der Waals surface area contributed by atoms with Gasteiger partial charge in [-0.2, -0.15) is 0 Å². The lowest BCUT2D eigenvalue weighted by Crippen LogP contribution is -2.49. The first-order valence-corrected chi connectivity index (χ1v) is 11.9. The molecule has 0 saturated carbocycles. The minimum absolute atomic E-state index is 0.142. The molecule has 168 valence electrons. The van der Waals surface area contributed by atoms with E-state index in [9.17, 15) is 4.79 Å². The number of thioether (sulfide) groups is 1. The van der Waals surface area contributed by atoms with Gasteiger partial charge in [0.1, 0.15) is 5.75 Å². The summed E-state index contributed by atoms with van der Waals surface area (Å²) in [5.41, 5.74) is 3.38. The lowest BCUT2D eigenvalue weighted by molar-refractivity contribution is -0.128. The summed E-state index contributed by atoms with van der Waals surface area (Å²) in [5.74, 6) is 2.01. The van der Waals surface area contributed by atoms with Crippen molar-refractivity contribution in [3.63, 3.8) is 0 Å². The number of carbonyl (C=O) groups excluding carboxylic acids is 1. The molecule has 3 aromatic rings. The van der Waals surface area contributed by atoms with Crippen LogP contribution in [0.15, 0.2) is 53.7 Å². The molecule has 1 aromatic heterocycles. The zero-order valence-electron chi connectivity index (χ0n) is 18.8. The largest absolute Gasteiger partial charge is 0.496 e. The highest BCUT2D eigenvalue weighted by Gasteiger charge is 2.23. The van der Waals surface area contributed by atoms with E-state index in [1.807, 2.05) is 33.7 Å². The summed E-state index contributed by atoms with van der Waals surface area (Å²) < 4.78 is 7.51. The zero-order valence-corrected chi connectivity index (χ0v) is 19.6. The molecule has 7 nitrogen and oxygen atoms in total. The number of rotatable bonds is 7. The van der Waals surface area contributed by atoms with Crippen LogP contribution in [0.4, 0.5) is 5.69 Å². The van der Waals surface area contributed by atoms with Crippen molar-refractivity contribution < 1.29 is 9.53 Å². The summed E-state index contributed by atoms with van der Waals surface area (Å²) in [6.45, 7) is 8.05. The number of para-hydroxylation sites is 1. The Labute approximate surface area is 193 Å². The van der Waals surface area contributed by atoms with Gasteiger partial charge in [0.15, 0.2) is 11.0 Å². The zero-order chi connectivity index (χ0) is 22.5. The van der Waals surface area contributed by atoms with Crippen LogP contribution in [0.3, 0.4) is 0 Å². The number of amides is 1. The average molecular weight is 452 g/mol. The van der Waals surface area contributed by atoms with Crippen LogP contribution in [0.5, 0.6) is 5.75 Å². The maximum Gasteiger partial charge on any atom is 0.233 e. The standard InChI is InChI=1S/C24H29N5O2S/c1-4-29-23(20-10-5-6-11-21(20)31-3)25-26-24(29)32-17-22(30)28-14-12-27(13-15-28)19-9-7-8-18(2)16-19/h5-11,16H,4,12-15,17H2,1-3H3. The summed E-state index contributed by atoms with van der Waals surface area (Å²) in [4.78, 5) is 17.2. The third-order valence-electron chi connectivity index (χ3n) is 5.70. The molecule has 1 aliphatic heterocycles. The van der Waals surface area contributed by atoms with Gasteiger partial charge in [0.25, 0.3) is 0 Å². The van der Waals surface area contributed by atoms with E-state index in [1.54, 1.807) is 7.11 Å². The first-order valence-electron chi connectivity index (χ1n) is 10.9. The highest BCUT2D eigenvalue weighted by Crippen LogP contribution is 2.31. The highest BCUT2D eigenvalue weighted by atomic mass is 32.2. The van der Waals surface area contributed by atoms with Gasteiger partial charge in [-0.15, -0.1) is 10.2 Å². The first-order chi connectivity index (χ1) is 15.6. The van der Waals surface area contributed by atoms with Crippen LogP contribution in [-0.4, -0.2) is 64.6 Å². The summed E-state index contributed by atoms with van der Waals surface area (Å²) in [5, 5.41) is 9.49. The Balaban J connectivity index is 1.37. The molecule has 2 aromatic carbocycles. The molecular formula is C24H29N5O2S. The van der Waals surface area contributed by atoms with E-state index >= 15 is 0 Å². The monoisotopic (exact) mass is 451 g/mol. The Hall–Kier alpha value is -3.00. The van der Waals surface area contributed by atoms with Crippen LogP contribution >= 0.6 is 11.8 Å².